The molecule has 0 aliphatic carbocycles. The van der Waals surface area contributed by atoms with E-state index < -0.39 is 52.2 Å². The summed E-state index contributed by atoms with van der Waals surface area (Å²) in [5.74, 6) is -4.19. The Morgan fingerprint density at radius 1 is 1.30 bits per heavy atom. The number of hydrogen-bond acceptors (Lipinski definition) is 7. The number of Topliss-reactive ketones (excluding diaryl/α,β-unsaturated/α-hetero) is 1. The highest BCUT2D eigenvalue weighted by Crippen LogP contribution is 2.28. The normalized spacial score (nSPS) is 19.1. The number of non-ortho nitro benzene ring substituents is 1. The van der Waals surface area contributed by atoms with E-state index in [1.54, 1.807) is 0 Å². The van der Waals surface area contributed by atoms with Crippen LogP contribution in [-0.2, 0) is 25.7 Å². The SMILES string of the molecule is CC(C(=O)C(=[N+]=[N-])C(=O)OCc1ccc([N+](=O)[O-])cc1)C1NC(=O)C1[C@@H](C)N=[N+]=[N-]. The van der Waals surface area contributed by atoms with Crippen molar-refractivity contribution in [3.63, 3.8) is 0 Å². The summed E-state index contributed by atoms with van der Waals surface area (Å²) < 4.78 is 4.94. The molecule has 3 unspecified atom stereocenters. The number of azide groups is 1. The van der Waals surface area contributed by atoms with Gasteiger partial charge in [0.1, 0.15) is 6.61 Å². The zero-order valence-corrected chi connectivity index (χ0v) is 16.0. The third-order valence-corrected chi connectivity index (χ3v) is 4.75. The van der Waals surface area contributed by atoms with Crippen molar-refractivity contribution in [3.8, 4) is 0 Å². The monoisotopic (exact) mass is 415 g/mol. The first-order chi connectivity index (χ1) is 14.2. The highest BCUT2D eigenvalue weighted by atomic mass is 16.6. The molecule has 1 saturated heterocycles. The van der Waals surface area contributed by atoms with E-state index in [2.05, 4.69) is 20.1 Å². The van der Waals surface area contributed by atoms with Gasteiger partial charge in [0.2, 0.25) is 5.91 Å². The summed E-state index contributed by atoms with van der Waals surface area (Å²) in [6, 6.07) is 3.76. The van der Waals surface area contributed by atoms with Crippen LogP contribution in [0.2, 0.25) is 0 Å². The van der Waals surface area contributed by atoms with Crippen molar-refractivity contribution in [1.82, 2.24) is 5.32 Å². The Morgan fingerprint density at radius 2 is 1.93 bits per heavy atom. The molecule has 0 bridgehead atoms. The molecule has 0 saturated carbocycles. The Kier molecular flexibility index (Phi) is 6.97. The first-order valence-electron chi connectivity index (χ1n) is 8.72. The Labute approximate surface area is 169 Å². The zero-order chi connectivity index (χ0) is 22.4. The van der Waals surface area contributed by atoms with Crippen LogP contribution in [0.25, 0.3) is 16.0 Å². The Bertz CT molecular complexity index is 979. The number of ketones is 1. The van der Waals surface area contributed by atoms with Crippen molar-refractivity contribution in [2.24, 2.45) is 17.0 Å². The number of carbonyl (C=O) groups excluding carboxylic acids is 3. The number of rotatable bonds is 9. The Hall–Kier alpha value is -4.08. The molecule has 0 spiro atoms. The zero-order valence-electron chi connectivity index (χ0n) is 16.0. The summed E-state index contributed by atoms with van der Waals surface area (Å²) in [7, 11) is 0. The van der Waals surface area contributed by atoms with Crippen LogP contribution in [0.4, 0.5) is 5.69 Å². The minimum atomic E-state index is -1.20. The third-order valence-electron chi connectivity index (χ3n) is 4.75. The van der Waals surface area contributed by atoms with Gasteiger partial charge in [0.25, 0.3) is 11.5 Å². The molecule has 30 heavy (non-hydrogen) atoms. The number of nitrogens with zero attached hydrogens (tertiary/aromatic N) is 6. The number of carbonyl (C=O) groups is 3. The van der Waals surface area contributed by atoms with Crippen LogP contribution in [0.1, 0.15) is 19.4 Å². The van der Waals surface area contributed by atoms with Crippen LogP contribution in [0.5, 0.6) is 0 Å². The highest BCUT2D eigenvalue weighted by molar-refractivity contribution is 6.62. The van der Waals surface area contributed by atoms with E-state index in [0.717, 1.165) is 0 Å². The second-order valence-corrected chi connectivity index (χ2v) is 6.61. The number of benzene rings is 1. The van der Waals surface area contributed by atoms with Crippen LogP contribution in [0.3, 0.4) is 0 Å². The summed E-state index contributed by atoms with van der Waals surface area (Å²) in [5, 5.41) is 16.6. The first kappa shape index (κ1) is 22.2. The van der Waals surface area contributed by atoms with Crippen molar-refractivity contribution in [2.75, 3.05) is 0 Å². The molecule has 1 aliphatic rings. The summed E-state index contributed by atoms with van der Waals surface area (Å²) in [5.41, 5.74) is 17.1. The van der Waals surface area contributed by atoms with Gasteiger partial charge < -0.3 is 15.6 Å². The quantitative estimate of drug-likeness (QED) is 0.0724. The molecule has 0 aromatic heterocycles. The smallest absolute Gasteiger partial charge is 0.441 e. The predicted molar refractivity (Wildman–Crippen MR) is 99.7 cm³/mol. The van der Waals surface area contributed by atoms with E-state index in [1.165, 1.54) is 38.1 Å². The molecule has 1 aromatic carbocycles. The first-order valence-corrected chi connectivity index (χ1v) is 8.72. The topological polar surface area (TPSA) is 201 Å². The predicted octanol–water partition coefficient (Wildman–Crippen LogP) is 1.33. The van der Waals surface area contributed by atoms with E-state index >= 15 is 0 Å². The molecule has 4 atom stereocenters. The lowest BCUT2D eigenvalue weighted by atomic mass is 9.76. The largest absolute Gasteiger partial charge is 0.452 e. The lowest BCUT2D eigenvalue weighted by Gasteiger charge is -2.41. The van der Waals surface area contributed by atoms with Gasteiger partial charge in [-0.15, -0.1) is 0 Å². The van der Waals surface area contributed by atoms with Crippen LogP contribution >= 0.6 is 0 Å². The molecule has 13 nitrogen and oxygen atoms in total. The van der Waals surface area contributed by atoms with Crippen LogP contribution in [0, 0.1) is 22.0 Å². The number of nitrogens with one attached hydrogen (secondary N) is 1. The van der Waals surface area contributed by atoms with Gasteiger partial charge in [0, 0.05) is 29.0 Å². The fourth-order valence-corrected chi connectivity index (χ4v) is 3.03. The van der Waals surface area contributed by atoms with Crippen molar-refractivity contribution >= 4 is 29.1 Å². The number of ether oxygens (including phenoxy) is 1. The van der Waals surface area contributed by atoms with Crippen LogP contribution in [-0.4, -0.2) is 45.2 Å². The summed E-state index contributed by atoms with van der Waals surface area (Å²) in [6.07, 6.45) is 0. The van der Waals surface area contributed by atoms with Crippen LogP contribution < -0.4 is 5.32 Å². The summed E-state index contributed by atoms with van der Waals surface area (Å²) >= 11 is 0. The van der Waals surface area contributed by atoms with Gasteiger partial charge in [-0.05, 0) is 23.2 Å². The molecule has 1 aromatic rings. The van der Waals surface area contributed by atoms with E-state index in [0.29, 0.717) is 5.56 Å². The van der Waals surface area contributed by atoms with Gasteiger partial charge in [-0.2, -0.15) is 4.79 Å². The average molecular weight is 415 g/mol. The molecule has 13 heteroatoms. The maximum atomic E-state index is 12.6. The lowest BCUT2D eigenvalue weighted by molar-refractivity contribution is -0.384. The number of nitro benzene ring substituents is 1. The second-order valence-electron chi connectivity index (χ2n) is 6.61. The minimum Gasteiger partial charge on any atom is -0.452 e. The van der Waals surface area contributed by atoms with Gasteiger partial charge >= 0.3 is 11.7 Å². The van der Waals surface area contributed by atoms with E-state index in [1.807, 2.05) is 0 Å². The van der Waals surface area contributed by atoms with Gasteiger partial charge in [-0.3, -0.25) is 19.7 Å². The maximum absolute atomic E-state index is 12.6. The second kappa shape index (κ2) is 9.41. The molecule has 156 valence electrons. The molecule has 1 heterocycles. The fraction of sp³-hybridized carbons (Fsp3) is 0.412. The lowest BCUT2D eigenvalue weighted by Crippen LogP contribution is -2.65. The average Bonchev–Trinajstić information content (AvgIpc) is 2.70. The van der Waals surface area contributed by atoms with Gasteiger partial charge in [0.15, 0.2) is 0 Å². The molecule has 1 fully saturated rings. The van der Waals surface area contributed by atoms with Crippen molar-refractivity contribution in [2.45, 2.75) is 32.5 Å². The molecule has 0 radical (unpaired) electrons. The number of β-lactam (4-membered cyclic amide) rings is 1. The van der Waals surface area contributed by atoms with E-state index in [9.17, 15) is 24.5 Å². The van der Waals surface area contributed by atoms with Gasteiger partial charge in [0.05, 0.1) is 16.9 Å². The minimum absolute atomic E-state index is 0.140. The third kappa shape index (κ3) is 4.66. The molecule has 1 amide bonds. The number of hydrogen-bond donors (Lipinski definition) is 1. The summed E-state index contributed by atoms with van der Waals surface area (Å²) in [4.78, 5) is 52.0. The van der Waals surface area contributed by atoms with Crippen molar-refractivity contribution < 1.29 is 28.8 Å². The molecule has 1 aliphatic heterocycles. The van der Waals surface area contributed by atoms with Crippen LogP contribution in [0.15, 0.2) is 29.4 Å². The maximum Gasteiger partial charge on any atom is 0.441 e. The van der Waals surface area contributed by atoms with Crippen molar-refractivity contribution in [1.29, 1.82) is 0 Å². The molecule has 2 rings (SSSR count). The standard InChI is InChI=1S/C17H17N7O6/c1-8(13-12(16(26)20-13)9(2)22-23-19)15(25)14(21-18)17(27)30-7-10-3-5-11(6-4-10)24(28)29/h3-6,8-9,12-13H,7H2,1-2H3,(H,20,26)/t8?,9-,12?,13?/m1/s1. The molecular formula is C17H17N7O6. The van der Waals surface area contributed by atoms with E-state index in [-0.39, 0.29) is 12.3 Å². The number of nitro groups is 1. The highest BCUT2D eigenvalue weighted by Gasteiger charge is 2.50. The Balaban J connectivity index is 2.03. The number of amides is 1. The fourth-order valence-electron chi connectivity index (χ4n) is 3.03. The van der Waals surface area contributed by atoms with Gasteiger partial charge in [-0.25, -0.2) is 4.79 Å². The van der Waals surface area contributed by atoms with Gasteiger partial charge in [-0.1, -0.05) is 19.0 Å². The molecule has 1 N–H and O–H groups in total. The number of esters is 1. The van der Waals surface area contributed by atoms with E-state index in [4.69, 9.17) is 15.8 Å². The Morgan fingerprint density at radius 3 is 2.43 bits per heavy atom. The molecular weight excluding hydrogens is 398 g/mol. The van der Waals surface area contributed by atoms with Crippen molar-refractivity contribution in [3.05, 3.63) is 55.9 Å². The summed E-state index contributed by atoms with van der Waals surface area (Å²) in [6.45, 7) is 2.64.